The molecule has 170 valence electrons. The number of esters is 1. The Bertz CT molecular complexity index is 1030. The van der Waals surface area contributed by atoms with Crippen molar-refractivity contribution in [1.82, 2.24) is 4.90 Å². The predicted molar refractivity (Wildman–Crippen MR) is 116 cm³/mol. The van der Waals surface area contributed by atoms with E-state index in [1.165, 1.54) is 11.0 Å². The molecule has 1 amide bonds. The summed E-state index contributed by atoms with van der Waals surface area (Å²) in [4.78, 5) is 27.5. The number of methoxy groups -OCH3 is 1. The normalized spacial score (nSPS) is 16.5. The van der Waals surface area contributed by atoms with Crippen LogP contribution in [0.15, 0.2) is 53.7 Å². The highest BCUT2D eigenvalue weighted by Crippen LogP contribution is 2.38. The maximum atomic E-state index is 13.7. The van der Waals surface area contributed by atoms with Crippen molar-refractivity contribution in [3.8, 4) is 5.75 Å². The van der Waals surface area contributed by atoms with E-state index < -0.39 is 23.5 Å². The van der Waals surface area contributed by atoms with Crippen LogP contribution < -0.4 is 4.74 Å². The molecular weight excluding hydrogens is 416 g/mol. The van der Waals surface area contributed by atoms with Gasteiger partial charge >= 0.3 is 5.97 Å². The third-order valence-corrected chi connectivity index (χ3v) is 5.43. The molecule has 0 bridgehead atoms. The van der Waals surface area contributed by atoms with Gasteiger partial charge in [0.15, 0.2) is 11.6 Å². The highest BCUT2D eigenvalue weighted by atomic mass is 19.2. The minimum atomic E-state index is -0.985. The summed E-state index contributed by atoms with van der Waals surface area (Å²) >= 11 is 0. The molecule has 1 heterocycles. The summed E-state index contributed by atoms with van der Waals surface area (Å²) in [6.07, 6.45) is 0.0550. The highest BCUT2D eigenvalue weighted by molar-refractivity contribution is 5.95. The molecule has 0 N–H and O–H groups in total. The zero-order valence-electron chi connectivity index (χ0n) is 18.7. The first-order valence-electron chi connectivity index (χ1n) is 10.5. The zero-order valence-corrected chi connectivity index (χ0v) is 18.7. The van der Waals surface area contributed by atoms with E-state index in [0.29, 0.717) is 22.6 Å². The number of hydrogen-bond donors (Lipinski definition) is 0. The Labute approximate surface area is 186 Å². The lowest BCUT2D eigenvalue weighted by atomic mass is 9.83. The van der Waals surface area contributed by atoms with Crippen molar-refractivity contribution in [3.63, 3.8) is 0 Å². The summed E-state index contributed by atoms with van der Waals surface area (Å²) in [6, 6.07) is 10.7. The third kappa shape index (κ3) is 5.15. The number of halogens is 2. The van der Waals surface area contributed by atoms with Crippen LogP contribution in [-0.4, -0.2) is 30.5 Å². The summed E-state index contributed by atoms with van der Waals surface area (Å²) in [7, 11) is 1.56. The summed E-state index contributed by atoms with van der Waals surface area (Å²) in [5.41, 5.74) is 2.05. The van der Waals surface area contributed by atoms with Gasteiger partial charge in [-0.1, -0.05) is 32.0 Å². The molecule has 32 heavy (non-hydrogen) atoms. The maximum absolute atomic E-state index is 13.7. The predicted octanol–water partition coefficient (Wildman–Crippen LogP) is 4.96. The maximum Gasteiger partial charge on any atom is 0.336 e. The Morgan fingerprint density at radius 1 is 1.12 bits per heavy atom. The van der Waals surface area contributed by atoms with Crippen LogP contribution in [0.5, 0.6) is 5.75 Å². The molecule has 0 spiro atoms. The molecule has 1 atom stereocenters. The number of ether oxygens (including phenoxy) is 2. The minimum absolute atomic E-state index is 0.0260. The summed E-state index contributed by atoms with van der Waals surface area (Å²) in [6.45, 7) is 5.84. The highest BCUT2D eigenvalue weighted by Gasteiger charge is 2.37. The number of amides is 1. The van der Waals surface area contributed by atoms with Crippen LogP contribution in [0.25, 0.3) is 0 Å². The molecule has 0 radical (unpaired) electrons. The number of carbonyl (C=O) groups excluding carboxylic acids is 2. The average Bonchev–Trinajstić information content (AvgIpc) is 2.77. The van der Waals surface area contributed by atoms with Crippen LogP contribution in [0.2, 0.25) is 0 Å². The van der Waals surface area contributed by atoms with E-state index in [9.17, 15) is 18.4 Å². The second-order valence-electron chi connectivity index (χ2n) is 8.25. The van der Waals surface area contributed by atoms with E-state index in [1.54, 1.807) is 26.2 Å². The molecule has 7 heteroatoms. The fraction of sp³-hybridized carbons (Fsp3) is 0.360. The minimum Gasteiger partial charge on any atom is -0.497 e. The van der Waals surface area contributed by atoms with Crippen LogP contribution in [0.4, 0.5) is 8.78 Å². The van der Waals surface area contributed by atoms with Crippen LogP contribution in [0, 0.1) is 17.6 Å². The molecule has 0 saturated heterocycles. The number of rotatable bonds is 7. The van der Waals surface area contributed by atoms with Crippen LogP contribution >= 0.6 is 0 Å². The van der Waals surface area contributed by atoms with Gasteiger partial charge in [0.1, 0.15) is 5.75 Å². The van der Waals surface area contributed by atoms with E-state index in [-0.39, 0.29) is 31.4 Å². The van der Waals surface area contributed by atoms with Crippen molar-refractivity contribution in [2.24, 2.45) is 5.92 Å². The lowest BCUT2D eigenvalue weighted by Gasteiger charge is -2.34. The van der Waals surface area contributed by atoms with Gasteiger partial charge in [0, 0.05) is 18.0 Å². The second-order valence-corrected chi connectivity index (χ2v) is 8.25. The summed E-state index contributed by atoms with van der Waals surface area (Å²) < 4.78 is 37.7. The quantitative estimate of drug-likeness (QED) is 0.568. The first-order chi connectivity index (χ1) is 15.2. The summed E-state index contributed by atoms with van der Waals surface area (Å²) in [5.74, 6) is -2.30. The van der Waals surface area contributed by atoms with E-state index in [0.717, 1.165) is 17.7 Å². The Morgan fingerprint density at radius 3 is 2.41 bits per heavy atom. The van der Waals surface area contributed by atoms with E-state index in [1.807, 2.05) is 26.0 Å². The molecule has 0 fully saturated rings. The van der Waals surface area contributed by atoms with Gasteiger partial charge in [0.05, 0.1) is 25.8 Å². The third-order valence-electron chi connectivity index (χ3n) is 5.43. The Kier molecular flexibility index (Phi) is 7.28. The molecule has 3 rings (SSSR count). The van der Waals surface area contributed by atoms with Gasteiger partial charge in [-0.15, -0.1) is 0 Å². The molecule has 2 aromatic carbocycles. The van der Waals surface area contributed by atoms with E-state index in [2.05, 4.69) is 0 Å². The molecule has 1 unspecified atom stereocenters. The topological polar surface area (TPSA) is 55.8 Å². The smallest absolute Gasteiger partial charge is 0.336 e. The Morgan fingerprint density at radius 2 is 1.81 bits per heavy atom. The first kappa shape index (κ1) is 23.4. The Hall–Kier alpha value is -3.22. The molecule has 0 saturated carbocycles. The van der Waals surface area contributed by atoms with Gasteiger partial charge in [-0.2, -0.15) is 0 Å². The molecule has 0 aliphatic carbocycles. The number of benzene rings is 2. The lowest BCUT2D eigenvalue weighted by molar-refractivity contribution is -0.141. The van der Waals surface area contributed by atoms with Crippen molar-refractivity contribution in [2.45, 2.75) is 39.7 Å². The van der Waals surface area contributed by atoms with Crippen LogP contribution in [-0.2, 0) is 20.9 Å². The number of carbonyl (C=O) groups is 2. The SMILES string of the molecule is COc1ccc(C2CC(=O)N(Cc3ccc(F)c(F)c3)C(C)=C2C(=O)OCC(C)C)cc1. The number of allylic oxidation sites excluding steroid dienone is 1. The number of nitrogens with zero attached hydrogens (tertiary/aromatic N) is 1. The average molecular weight is 443 g/mol. The molecule has 2 aromatic rings. The van der Waals surface area contributed by atoms with Gasteiger partial charge in [0.2, 0.25) is 5.91 Å². The Balaban J connectivity index is 2.00. The van der Waals surface area contributed by atoms with Crippen molar-refractivity contribution < 1.29 is 27.8 Å². The van der Waals surface area contributed by atoms with Crippen molar-refractivity contribution in [3.05, 3.63) is 76.5 Å². The summed E-state index contributed by atoms with van der Waals surface area (Å²) in [5, 5.41) is 0. The van der Waals surface area contributed by atoms with Crippen molar-refractivity contribution in [2.75, 3.05) is 13.7 Å². The van der Waals surface area contributed by atoms with Gasteiger partial charge in [-0.25, -0.2) is 13.6 Å². The fourth-order valence-electron chi connectivity index (χ4n) is 3.73. The second kappa shape index (κ2) is 9.94. The molecule has 0 aromatic heterocycles. The van der Waals surface area contributed by atoms with Gasteiger partial charge < -0.3 is 14.4 Å². The largest absolute Gasteiger partial charge is 0.497 e. The van der Waals surface area contributed by atoms with Crippen LogP contribution in [0.1, 0.15) is 44.2 Å². The molecular formula is C25H27F2NO4. The molecule has 1 aliphatic heterocycles. The van der Waals surface area contributed by atoms with Gasteiger partial charge in [-0.05, 0) is 48.2 Å². The standard InChI is InChI=1S/C25H27F2NO4/c1-15(2)14-32-25(30)24-16(3)28(13-17-5-10-21(26)22(27)11-17)23(29)12-20(24)18-6-8-19(31-4)9-7-18/h5-11,15,20H,12-14H2,1-4H3. The van der Waals surface area contributed by atoms with E-state index in [4.69, 9.17) is 9.47 Å². The monoisotopic (exact) mass is 443 g/mol. The van der Waals surface area contributed by atoms with Gasteiger partial charge in [0.25, 0.3) is 0 Å². The van der Waals surface area contributed by atoms with E-state index >= 15 is 0 Å². The van der Waals surface area contributed by atoms with Crippen molar-refractivity contribution in [1.29, 1.82) is 0 Å². The van der Waals surface area contributed by atoms with Crippen molar-refractivity contribution >= 4 is 11.9 Å². The fourth-order valence-corrected chi connectivity index (χ4v) is 3.73. The zero-order chi connectivity index (χ0) is 23.4. The lowest BCUT2D eigenvalue weighted by Crippen LogP contribution is -2.38. The first-order valence-corrected chi connectivity index (χ1v) is 10.5. The van der Waals surface area contributed by atoms with Crippen LogP contribution in [0.3, 0.4) is 0 Å². The van der Waals surface area contributed by atoms with Gasteiger partial charge in [-0.3, -0.25) is 4.79 Å². The molecule has 5 nitrogen and oxygen atoms in total. The number of hydrogen-bond acceptors (Lipinski definition) is 4. The molecule has 1 aliphatic rings.